The largest absolute Gasteiger partial charge is 0.497 e. The molecule has 0 radical (unpaired) electrons. The first-order valence-corrected chi connectivity index (χ1v) is 6.97. The summed E-state index contributed by atoms with van der Waals surface area (Å²) >= 11 is 1.68. The number of thiophene rings is 1. The van der Waals surface area contributed by atoms with Crippen LogP contribution in [0.1, 0.15) is 4.88 Å². The van der Waals surface area contributed by atoms with Gasteiger partial charge in [-0.05, 0) is 35.7 Å². The Bertz CT molecular complexity index is 662. The normalized spacial score (nSPS) is 10.4. The number of ether oxygens (including phenoxy) is 1. The van der Waals surface area contributed by atoms with Crippen LogP contribution in [0.5, 0.6) is 5.75 Å². The van der Waals surface area contributed by atoms with Gasteiger partial charge in [-0.1, -0.05) is 11.2 Å². The predicted octanol–water partition coefficient (Wildman–Crippen LogP) is 3.42. The van der Waals surface area contributed by atoms with E-state index in [0.717, 1.165) is 11.3 Å². The van der Waals surface area contributed by atoms with Crippen molar-refractivity contribution in [1.82, 2.24) is 10.1 Å². The predicted molar refractivity (Wildman–Crippen MR) is 77.9 cm³/mol. The number of benzene rings is 1. The molecule has 0 saturated carbocycles. The first-order chi connectivity index (χ1) is 9.85. The summed E-state index contributed by atoms with van der Waals surface area (Å²) in [6.45, 7) is 0.682. The molecule has 0 bridgehead atoms. The number of hydrogen-bond donors (Lipinski definition) is 1. The van der Waals surface area contributed by atoms with Crippen molar-refractivity contribution in [2.45, 2.75) is 6.54 Å². The van der Waals surface area contributed by atoms with Crippen molar-refractivity contribution >= 4 is 17.4 Å². The molecule has 0 atom stereocenters. The molecule has 0 saturated heterocycles. The molecule has 5 nitrogen and oxygen atoms in total. The van der Waals surface area contributed by atoms with Crippen molar-refractivity contribution in [3.8, 4) is 17.1 Å². The Hall–Kier alpha value is -2.34. The van der Waals surface area contributed by atoms with Gasteiger partial charge in [-0.3, -0.25) is 0 Å². The Morgan fingerprint density at radius 1 is 1.25 bits per heavy atom. The van der Waals surface area contributed by atoms with E-state index in [1.54, 1.807) is 18.4 Å². The van der Waals surface area contributed by atoms with Crippen LogP contribution in [0.15, 0.2) is 46.3 Å². The first-order valence-electron chi connectivity index (χ1n) is 6.09. The number of anilines is 1. The molecule has 2 heterocycles. The highest BCUT2D eigenvalue weighted by Crippen LogP contribution is 2.21. The van der Waals surface area contributed by atoms with E-state index in [4.69, 9.17) is 9.26 Å². The van der Waals surface area contributed by atoms with Crippen LogP contribution < -0.4 is 10.1 Å². The van der Waals surface area contributed by atoms with E-state index in [2.05, 4.69) is 21.5 Å². The van der Waals surface area contributed by atoms with E-state index < -0.39 is 0 Å². The molecule has 102 valence electrons. The lowest BCUT2D eigenvalue weighted by atomic mass is 10.2. The molecular formula is C14H13N3O2S. The minimum atomic E-state index is 0.421. The average molecular weight is 287 g/mol. The Morgan fingerprint density at radius 3 is 2.80 bits per heavy atom. The average Bonchev–Trinajstić information content (AvgIpc) is 3.17. The fourth-order valence-electron chi connectivity index (χ4n) is 1.73. The molecule has 0 aliphatic heterocycles. The van der Waals surface area contributed by atoms with Gasteiger partial charge in [0.1, 0.15) is 5.75 Å². The van der Waals surface area contributed by atoms with E-state index >= 15 is 0 Å². The number of aromatic nitrogens is 2. The first kappa shape index (κ1) is 12.7. The number of methoxy groups -OCH3 is 1. The highest BCUT2D eigenvalue weighted by Gasteiger charge is 2.08. The molecular weight excluding hydrogens is 274 g/mol. The molecule has 0 aliphatic rings. The van der Waals surface area contributed by atoms with E-state index in [9.17, 15) is 0 Å². The second-order valence-electron chi connectivity index (χ2n) is 4.08. The summed E-state index contributed by atoms with van der Waals surface area (Å²) in [6.07, 6.45) is 0. The monoisotopic (exact) mass is 287 g/mol. The molecule has 0 aliphatic carbocycles. The van der Waals surface area contributed by atoms with Crippen molar-refractivity contribution in [1.29, 1.82) is 0 Å². The van der Waals surface area contributed by atoms with E-state index in [1.807, 2.05) is 35.7 Å². The molecule has 3 aromatic rings. The highest BCUT2D eigenvalue weighted by atomic mass is 32.1. The number of nitrogens with one attached hydrogen (secondary N) is 1. The SMILES string of the molecule is COc1ccc(-c2noc(NCc3cccs3)n2)cc1. The summed E-state index contributed by atoms with van der Waals surface area (Å²) < 4.78 is 10.3. The highest BCUT2D eigenvalue weighted by molar-refractivity contribution is 7.09. The van der Waals surface area contributed by atoms with Crippen molar-refractivity contribution in [2.24, 2.45) is 0 Å². The zero-order valence-corrected chi connectivity index (χ0v) is 11.7. The minimum absolute atomic E-state index is 0.421. The van der Waals surface area contributed by atoms with Gasteiger partial charge in [0, 0.05) is 10.4 Å². The second-order valence-corrected chi connectivity index (χ2v) is 5.12. The molecule has 20 heavy (non-hydrogen) atoms. The molecule has 0 unspecified atom stereocenters. The zero-order valence-electron chi connectivity index (χ0n) is 10.9. The summed E-state index contributed by atoms with van der Waals surface area (Å²) in [5.74, 6) is 1.36. The van der Waals surface area contributed by atoms with Crippen molar-refractivity contribution in [3.63, 3.8) is 0 Å². The van der Waals surface area contributed by atoms with Crippen molar-refractivity contribution in [3.05, 3.63) is 46.7 Å². The maximum atomic E-state index is 5.18. The van der Waals surface area contributed by atoms with Crippen LogP contribution in [0.2, 0.25) is 0 Å². The maximum absolute atomic E-state index is 5.18. The molecule has 3 rings (SSSR count). The molecule has 1 aromatic carbocycles. The quantitative estimate of drug-likeness (QED) is 0.779. The number of hydrogen-bond acceptors (Lipinski definition) is 6. The standard InChI is InChI=1S/C14H13N3O2S/c1-18-11-6-4-10(5-7-11)13-16-14(19-17-13)15-9-12-3-2-8-20-12/h2-8H,9H2,1H3,(H,15,16,17). The fraction of sp³-hybridized carbons (Fsp3) is 0.143. The zero-order chi connectivity index (χ0) is 13.8. The molecule has 6 heteroatoms. The molecule has 2 aromatic heterocycles. The van der Waals surface area contributed by atoms with Crippen molar-refractivity contribution < 1.29 is 9.26 Å². The van der Waals surface area contributed by atoms with Gasteiger partial charge in [0.2, 0.25) is 5.82 Å². The molecule has 0 fully saturated rings. The van der Waals surface area contributed by atoms with Gasteiger partial charge in [0.15, 0.2) is 0 Å². The smallest absolute Gasteiger partial charge is 0.322 e. The number of nitrogens with zero attached hydrogens (tertiary/aromatic N) is 2. The number of rotatable bonds is 5. The van der Waals surface area contributed by atoms with E-state index in [0.29, 0.717) is 18.4 Å². The minimum Gasteiger partial charge on any atom is -0.497 e. The lowest BCUT2D eigenvalue weighted by molar-refractivity contribution is 0.415. The van der Waals surface area contributed by atoms with Gasteiger partial charge in [-0.2, -0.15) is 4.98 Å². The molecule has 1 N–H and O–H groups in total. The lowest BCUT2D eigenvalue weighted by Gasteiger charge is -1.99. The lowest BCUT2D eigenvalue weighted by Crippen LogP contribution is -1.97. The fourth-order valence-corrected chi connectivity index (χ4v) is 2.37. The van der Waals surface area contributed by atoms with Gasteiger partial charge < -0.3 is 14.6 Å². The van der Waals surface area contributed by atoms with Crippen LogP contribution in [0.3, 0.4) is 0 Å². The third-order valence-electron chi connectivity index (χ3n) is 2.77. The summed E-state index contributed by atoms with van der Waals surface area (Å²) in [5, 5.41) is 9.10. The Labute approximate surface area is 120 Å². The van der Waals surface area contributed by atoms with Gasteiger partial charge in [0.25, 0.3) is 0 Å². The summed E-state index contributed by atoms with van der Waals surface area (Å²) in [5.41, 5.74) is 0.888. The van der Waals surface area contributed by atoms with Gasteiger partial charge in [0.05, 0.1) is 13.7 Å². The van der Waals surface area contributed by atoms with Crippen LogP contribution in [-0.2, 0) is 6.54 Å². The Kier molecular flexibility index (Phi) is 3.64. The van der Waals surface area contributed by atoms with E-state index in [1.165, 1.54) is 4.88 Å². The van der Waals surface area contributed by atoms with Crippen LogP contribution in [0.4, 0.5) is 6.01 Å². The van der Waals surface area contributed by atoms with Gasteiger partial charge >= 0.3 is 6.01 Å². The second kappa shape index (κ2) is 5.75. The molecule has 0 spiro atoms. The van der Waals surface area contributed by atoms with Crippen LogP contribution in [0.25, 0.3) is 11.4 Å². The Balaban J connectivity index is 1.69. The van der Waals surface area contributed by atoms with Crippen LogP contribution in [0, 0.1) is 0 Å². The molecule has 0 amide bonds. The van der Waals surface area contributed by atoms with E-state index in [-0.39, 0.29) is 0 Å². The summed E-state index contributed by atoms with van der Waals surface area (Å²) in [6, 6.07) is 12.0. The van der Waals surface area contributed by atoms with Crippen LogP contribution >= 0.6 is 11.3 Å². The third-order valence-corrected chi connectivity index (χ3v) is 3.64. The summed E-state index contributed by atoms with van der Waals surface area (Å²) in [7, 11) is 1.63. The topological polar surface area (TPSA) is 60.2 Å². The van der Waals surface area contributed by atoms with Gasteiger partial charge in [-0.25, -0.2) is 0 Å². The summed E-state index contributed by atoms with van der Waals surface area (Å²) in [4.78, 5) is 5.53. The Morgan fingerprint density at radius 2 is 2.10 bits per heavy atom. The third kappa shape index (κ3) is 2.80. The van der Waals surface area contributed by atoms with Crippen molar-refractivity contribution in [2.75, 3.05) is 12.4 Å². The van der Waals surface area contributed by atoms with Gasteiger partial charge in [-0.15, -0.1) is 11.3 Å². The maximum Gasteiger partial charge on any atom is 0.322 e. The van der Waals surface area contributed by atoms with Crippen LogP contribution in [-0.4, -0.2) is 17.3 Å².